The van der Waals surface area contributed by atoms with Gasteiger partial charge in [-0.05, 0) is 0 Å². The summed E-state index contributed by atoms with van der Waals surface area (Å²) in [5.41, 5.74) is -0.634. The van der Waals surface area contributed by atoms with E-state index in [9.17, 15) is 22.0 Å². The van der Waals surface area contributed by atoms with Crippen molar-refractivity contribution in [1.82, 2.24) is 9.97 Å². The second-order valence-corrected chi connectivity index (χ2v) is 3.06. The largest absolute Gasteiger partial charge is 0.459 e. The first kappa shape index (κ1) is 13.8. The highest BCUT2D eigenvalue weighted by Crippen LogP contribution is 2.50. The number of nitrogens with one attached hydrogen (secondary N) is 1. The van der Waals surface area contributed by atoms with Crippen LogP contribution >= 0.6 is 0 Å². The smallest absolute Gasteiger partial charge is 0.344 e. The molecule has 0 aliphatic rings. The van der Waals surface area contributed by atoms with E-state index < -0.39 is 23.6 Å². The lowest BCUT2D eigenvalue weighted by atomic mass is 10.0. The SMILES string of the molecule is COC(OC)(c1cnc[nH]1)C(F)(F)C(F)(F)F. The van der Waals surface area contributed by atoms with Gasteiger partial charge in [0.05, 0.1) is 12.5 Å². The van der Waals surface area contributed by atoms with Crippen LogP contribution in [0, 0.1) is 0 Å². The minimum Gasteiger partial charge on any atom is -0.344 e. The third kappa shape index (κ3) is 1.89. The first-order chi connectivity index (χ1) is 7.73. The fourth-order valence-corrected chi connectivity index (χ4v) is 1.35. The zero-order chi connectivity index (χ0) is 13.3. The average molecular weight is 260 g/mol. The lowest BCUT2D eigenvalue weighted by Gasteiger charge is -2.37. The van der Waals surface area contributed by atoms with Gasteiger partial charge in [0.25, 0.3) is 5.79 Å². The lowest BCUT2D eigenvalue weighted by molar-refractivity contribution is -0.414. The predicted octanol–water partition coefficient (Wildman–Crippen LogP) is 2.05. The van der Waals surface area contributed by atoms with Crippen molar-refractivity contribution in [3.8, 4) is 0 Å². The number of rotatable bonds is 4. The minimum absolute atomic E-state index is 0.634. The molecule has 0 fully saturated rings. The number of aromatic nitrogens is 2. The highest BCUT2D eigenvalue weighted by Gasteiger charge is 2.73. The standard InChI is InChI=1S/C8H9F5N2O2/c1-16-6(17-2,5-3-14-4-15-5)7(9,10)8(11,12)13/h3-4H,1-2H3,(H,14,15). The summed E-state index contributed by atoms with van der Waals surface area (Å²) in [6.07, 6.45) is -4.12. The van der Waals surface area contributed by atoms with Gasteiger partial charge >= 0.3 is 12.1 Å². The van der Waals surface area contributed by atoms with Crippen molar-refractivity contribution >= 4 is 0 Å². The molecule has 1 rings (SSSR count). The van der Waals surface area contributed by atoms with Crippen molar-refractivity contribution < 1.29 is 31.4 Å². The summed E-state index contributed by atoms with van der Waals surface area (Å²) in [6, 6.07) is 0. The van der Waals surface area contributed by atoms with Gasteiger partial charge in [-0.25, -0.2) is 4.98 Å². The molecule has 9 heteroatoms. The first-order valence-corrected chi connectivity index (χ1v) is 4.26. The Morgan fingerprint density at radius 2 is 1.65 bits per heavy atom. The van der Waals surface area contributed by atoms with Gasteiger partial charge in [0, 0.05) is 14.2 Å². The van der Waals surface area contributed by atoms with Gasteiger partial charge in [0.2, 0.25) is 0 Å². The number of hydrogen-bond acceptors (Lipinski definition) is 3. The van der Waals surface area contributed by atoms with Crippen LogP contribution in [0.15, 0.2) is 12.5 Å². The molecule has 0 bridgehead atoms. The van der Waals surface area contributed by atoms with Gasteiger partial charge in [0.15, 0.2) is 0 Å². The summed E-state index contributed by atoms with van der Waals surface area (Å²) in [6.45, 7) is 0. The summed E-state index contributed by atoms with van der Waals surface area (Å²) in [7, 11) is 1.37. The number of halogens is 5. The van der Waals surface area contributed by atoms with E-state index in [2.05, 4.69) is 19.4 Å². The van der Waals surface area contributed by atoms with E-state index >= 15 is 0 Å². The Kier molecular flexibility index (Phi) is 3.44. The fraction of sp³-hybridized carbons (Fsp3) is 0.625. The van der Waals surface area contributed by atoms with Crippen molar-refractivity contribution in [2.24, 2.45) is 0 Å². The zero-order valence-electron chi connectivity index (χ0n) is 8.81. The van der Waals surface area contributed by atoms with Crippen molar-refractivity contribution in [3.05, 3.63) is 18.2 Å². The molecular formula is C8H9F5N2O2. The Labute approximate surface area is 92.7 Å². The fourth-order valence-electron chi connectivity index (χ4n) is 1.35. The van der Waals surface area contributed by atoms with Crippen LogP contribution in [0.3, 0.4) is 0 Å². The van der Waals surface area contributed by atoms with Crippen molar-refractivity contribution in [3.63, 3.8) is 0 Å². The van der Waals surface area contributed by atoms with Crippen LogP contribution in [0.4, 0.5) is 22.0 Å². The van der Waals surface area contributed by atoms with Crippen LogP contribution in [0.2, 0.25) is 0 Å². The maximum atomic E-state index is 13.4. The Morgan fingerprint density at radius 3 is 1.94 bits per heavy atom. The summed E-state index contributed by atoms with van der Waals surface area (Å²) < 4.78 is 72.4. The molecule has 0 saturated heterocycles. The topological polar surface area (TPSA) is 47.1 Å². The number of H-pyrrole nitrogens is 1. The molecule has 0 amide bonds. The van der Waals surface area contributed by atoms with Crippen LogP contribution in [0.25, 0.3) is 0 Å². The maximum absolute atomic E-state index is 13.4. The monoisotopic (exact) mass is 260 g/mol. The van der Waals surface area contributed by atoms with Gasteiger partial charge in [-0.3, -0.25) is 0 Å². The van der Waals surface area contributed by atoms with Crippen LogP contribution in [0.5, 0.6) is 0 Å². The molecule has 0 radical (unpaired) electrons. The van der Waals surface area contributed by atoms with Crippen LogP contribution in [-0.2, 0) is 15.3 Å². The quantitative estimate of drug-likeness (QED) is 0.665. The van der Waals surface area contributed by atoms with Gasteiger partial charge in [-0.15, -0.1) is 0 Å². The van der Waals surface area contributed by atoms with Gasteiger partial charge in [0.1, 0.15) is 5.69 Å². The van der Waals surface area contributed by atoms with Crippen molar-refractivity contribution in [2.45, 2.75) is 17.9 Å². The van der Waals surface area contributed by atoms with Crippen LogP contribution in [-0.4, -0.2) is 36.3 Å². The number of methoxy groups -OCH3 is 2. The molecular weight excluding hydrogens is 251 g/mol. The highest BCUT2D eigenvalue weighted by atomic mass is 19.4. The van der Waals surface area contributed by atoms with E-state index in [1.165, 1.54) is 0 Å². The van der Waals surface area contributed by atoms with Gasteiger partial charge < -0.3 is 14.5 Å². The number of ether oxygens (including phenoxy) is 2. The molecule has 0 aromatic carbocycles. The lowest BCUT2D eigenvalue weighted by Crippen LogP contribution is -2.57. The molecule has 0 unspecified atom stereocenters. The molecule has 1 aromatic rings. The third-order valence-corrected chi connectivity index (χ3v) is 2.20. The Bertz CT molecular complexity index is 358. The average Bonchev–Trinajstić information content (AvgIpc) is 2.72. The molecule has 0 aliphatic carbocycles. The van der Waals surface area contributed by atoms with E-state index in [1.54, 1.807) is 0 Å². The first-order valence-electron chi connectivity index (χ1n) is 4.26. The summed E-state index contributed by atoms with van der Waals surface area (Å²) >= 11 is 0. The molecule has 0 saturated carbocycles. The van der Waals surface area contributed by atoms with E-state index in [1.807, 2.05) is 0 Å². The van der Waals surface area contributed by atoms with E-state index in [-0.39, 0.29) is 0 Å². The molecule has 17 heavy (non-hydrogen) atoms. The molecule has 1 heterocycles. The number of aromatic amines is 1. The summed E-state index contributed by atoms with van der Waals surface area (Å²) in [5.74, 6) is -8.53. The minimum atomic E-state index is -5.83. The van der Waals surface area contributed by atoms with E-state index in [0.717, 1.165) is 12.5 Å². The van der Waals surface area contributed by atoms with E-state index in [4.69, 9.17) is 0 Å². The third-order valence-electron chi connectivity index (χ3n) is 2.20. The molecule has 0 aliphatic heterocycles. The molecule has 0 spiro atoms. The maximum Gasteiger partial charge on any atom is 0.459 e. The molecule has 4 nitrogen and oxygen atoms in total. The summed E-state index contributed by atoms with van der Waals surface area (Å²) in [5, 5.41) is 0. The zero-order valence-corrected chi connectivity index (χ0v) is 8.81. The van der Waals surface area contributed by atoms with Crippen molar-refractivity contribution in [2.75, 3.05) is 14.2 Å². The number of nitrogens with zero attached hydrogens (tertiary/aromatic N) is 1. The molecule has 0 atom stereocenters. The molecule has 1 N–H and O–H groups in total. The molecule has 98 valence electrons. The van der Waals surface area contributed by atoms with Crippen molar-refractivity contribution in [1.29, 1.82) is 0 Å². The second kappa shape index (κ2) is 4.22. The Hall–Kier alpha value is -1.22. The summed E-state index contributed by atoms with van der Waals surface area (Å²) in [4.78, 5) is 5.48. The van der Waals surface area contributed by atoms with Gasteiger partial charge in [-0.2, -0.15) is 22.0 Å². The Morgan fingerprint density at radius 1 is 1.12 bits per heavy atom. The predicted molar refractivity (Wildman–Crippen MR) is 45.3 cm³/mol. The van der Waals surface area contributed by atoms with E-state index in [0.29, 0.717) is 14.2 Å². The second-order valence-electron chi connectivity index (χ2n) is 3.06. The number of alkyl halides is 5. The number of imidazole rings is 1. The van der Waals surface area contributed by atoms with Crippen LogP contribution in [0.1, 0.15) is 5.69 Å². The molecule has 1 aromatic heterocycles. The number of hydrogen-bond donors (Lipinski definition) is 1. The normalized spacial score (nSPS) is 14.1. The van der Waals surface area contributed by atoms with Crippen LogP contribution < -0.4 is 0 Å². The van der Waals surface area contributed by atoms with Gasteiger partial charge in [-0.1, -0.05) is 0 Å². The Balaban J connectivity index is 3.36. The highest BCUT2D eigenvalue weighted by molar-refractivity contribution is 5.12.